The van der Waals surface area contributed by atoms with Crippen LogP contribution >= 0.6 is 0 Å². The molecule has 0 N–H and O–H groups in total. The number of benzene rings is 1. The van der Waals surface area contributed by atoms with E-state index < -0.39 is 10.0 Å². The van der Waals surface area contributed by atoms with Gasteiger partial charge in [0.05, 0.1) is 12.1 Å². The number of hydrogen-bond acceptors (Lipinski definition) is 5. The summed E-state index contributed by atoms with van der Waals surface area (Å²) in [4.78, 5) is 21.5. The maximum atomic E-state index is 13.3. The Kier molecular flexibility index (Phi) is 6.32. The summed E-state index contributed by atoms with van der Waals surface area (Å²) in [6.07, 6.45) is 2.87. The van der Waals surface area contributed by atoms with Crippen molar-refractivity contribution in [2.45, 2.75) is 32.1 Å². The van der Waals surface area contributed by atoms with Crippen molar-refractivity contribution in [3.63, 3.8) is 0 Å². The lowest BCUT2D eigenvalue weighted by molar-refractivity contribution is -0.135. The van der Waals surface area contributed by atoms with E-state index in [0.717, 1.165) is 24.0 Å². The van der Waals surface area contributed by atoms with Gasteiger partial charge in [0.15, 0.2) is 0 Å². The molecule has 2 aliphatic heterocycles. The highest BCUT2D eigenvalue weighted by molar-refractivity contribution is 7.89. The molecule has 0 spiro atoms. The van der Waals surface area contributed by atoms with E-state index in [2.05, 4.69) is 23.7 Å². The van der Waals surface area contributed by atoms with Crippen molar-refractivity contribution < 1.29 is 13.2 Å². The molecule has 31 heavy (non-hydrogen) atoms. The lowest BCUT2D eigenvalue weighted by Crippen LogP contribution is -2.52. The van der Waals surface area contributed by atoms with E-state index in [9.17, 15) is 13.2 Å². The Morgan fingerprint density at radius 3 is 2.45 bits per heavy atom. The van der Waals surface area contributed by atoms with Crippen LogP contribution in [0.3, 0.4) is 0 Å². The molecule has 0 radical (unpaired) electrons. The Morgan fingerprint density at radius 1 is 1.10 bits per heavy atom. The van der Waals surface area contributed by atoms with Gasteiger partial charge in [0.1, 0.15) is 4.90 Å². The van der Waals surface area contributed by atoms with Crippen LogP contribution in [0.2, 0.25) is 0 Å². The number of aromatic nitrogens is 1. The van der Waals surface area contributed by atoms with Crippen molar-refractivity contribution in [2.24, 2.45) is 11.8 Å². The fraction of sp³-hybridized carbons (Fsp3) is 0.565. The molecule has 1 amide bonds. The zero-order valence-corrected chi connectivity index (χ0v) is 19.4. The van der Waals surface area contributed by atoms with Gasteiger partial charge < -0.3 is 4.90 Å². The van der Waals surface area contributed by atoms with Crippen LogP contribution in [0.4, 0.5) is 0 Å². The molecule has 2 aliphatic rings. The second-order valence-corrected chi connectivity index (χ2v) is 11.2. The summed E-state index contributed by atoms with van der Waals surface area (Å²) in [5.41, 5.74) is 1.51. The molecule has 2 atom stereocenters. The first-order valence-corrected chi connectivity index (χ1v) is 12.5. The summed E-state index contributed by atoms with van der Waals surface area (Å²) in [5.74, 6) is 1.23. The lowest BCUT2D eigenvalue weighted by Gasteiger charge is -2.38. The number of amides is 1. The van der Waals surface area contributed by atoms with Crippen LogP contribution in [0.15, 0.2) is 35.4 Å². The van der Waals surface area contributed by atoms with Crippen LogP contribution in [0.25, 0.3) is 10.9 Å². The van der Waals surface area contributed by atoms with Gasteiger partial charge in [-0.25, -0.2) is 8.42 Å². The van der Waals surface area contributed by atoms with Crippen molar-refractivity contribution in [2.75, 3.05) is 45.8 Å². The number of piperidine rings is 1. The van der Waals surface area contributed by atoms with Crippen LogP contribution < -0.4 is 0 Å². The summed E-state index contributed by atoms with van der Waals surface area (Å²) < 4.78 is 28.2. The number of fused-ring (bicyclic) bond motifs is 1. The number of rotatable bonds is 4. The first-order valence-electron chi connectivity index (χ1n) is 11.1. The molecule has 3 heterocycles. The highest BCUT2D eigenvalue weighted by Crippen LogP contribution is 2.26. The summed E-state index contributed by atoms with van der Waals surface area (Å²) in [6, 6.07) is 7.24. The van der Waals surface area contributed by atoms with E-state index in [-0.39, 0.29) is 10.8 Å². The lowest BCUT2D eigenvalue weighted by atomic mass is 9.92. The quantitative estimate of drug-likeness (QED) is 0.724. The normalized spacial score (nSPS) is 23.9. The Balaban J connectivity index is 1.41. The molecule has 2 saturated heterocycles. The molecule has 0 aliphatic carbocycles. The van der Waals surface area contributed by atoms with Crippen molar-refractivity contribution >= 4 is 26.8 Å². The molecule has 1 aromatic carbocycles. The van der Waals surface area contributed by atoms with Gasteiger partial charge in [-0.15, -0.1) is 0 Å². The van der Waals surface area contributed by atoms with E-state index in [1.54, 1.807) is 18.3 Å². The number of sulfonamides is 1. The molecule has 0 unspecified atom stereocenters. The zero-order valence-electron chi connectivity index (χ0n) is 18.6. The number of pyridine rings is 1. The molecule has 4 rings (SSSR count). The van der Waals surface area contributed by atoms with E-state index in [4.69, 9.17) is 0 Å². The van der Waals surface area contributed by atoms with Crippen LogP contribution in [-0.4, -0.2) is 79.2 Å². The van der Waals surface area contributed by atoms with Gasteiger partial charge in [0.2, 0.25) is 15.9 Å². The number of carbonyl (C=O) groups excluding carboxylic acids is 1. The van der Waals surface area contributed by atoms with Crippen molar-refractivity contribution in [1.29, 1.82) is 0 Å². The van der Waals surface area contributed by atoms with Gasteiger partial charge in [-0.1, -0.05) is 26.0 Å². The standard InChI is InChI=1S/C23H32N4O3S/c1-17-12-20-5-4-6-21(23(20)24-13-17)31(29,30)27-9-7-25(8-10-27)16-22(28)26-14-18(2)11-19(3)15-26/h4-6,12-13,18-19H,7-11,14-16H2,1-3H3/t18-,19+. The van der Waals surface area contributed by atoms with E-state index in [1.807, 2.05) is 24.0 Å². The molecule has 2 fully saturated rings. The molecular formula is C23H32N4O3S. The maximum absolute atomic E-state index is 13.3. The second-order valence-electron chi connectivity index (χ2n) is 9.27. The minimum atomic E-state index is -3.64. The molecule has 8 heteroatoms. The maximum Gasteiger partial charge on any atom is 0.245 e. The molecule has 0 saturated carbocycles. The van der Waals surface area contributed by atoms with Crippen LogP contribution in [0.5, 0.6) is 0 Å². The molecule has 7 nitrogen and oxygen atoms in total. The van der Waals surface area contributed by atoms with E-state index >= 15 is 0 Å². The van der Waals surface area contributed by atoms with Gasteiger partial charge in [0.25, 0.3) is 0 Å². The van der Waals surface area contributed by atoms with Gasteiger partial charge >= 0.3 is 0 Å². The number of hydrogen-bond donors (Lipinski definition) is 0. The van der Waals surface area contributed by atoms with E-state index in [1.165, 1.54) is 10.7 Å². The summed E-state index contributed by atoms with van der Waals surface area (Å²) in [6.45, 7) is 10.2. The summed E-state index contributed by atoms with van der Waals surface area (Å²) >= 11 is 0. The zero-order chi connectivity index (χ0) is 22.2. The van der Waals surface area contributed by atoms with Crippen molar-refractivity contribution in [3.8, 4) is 0 Å². The minimum Gasteiger partial charge on any atom is -0.341 e. The summed E-state index contributed by atoms with van der Waals surface area (Å²) in [5, 5.41) is 0.829. The first-order chi connectivity index (χ1) is 14.7. The average Bonchev–Trinajstić information content (AvgIpc) is 2.72. The van der Waals surface area contributed by atoms with Gasteiger partial charge in [-0.2, -0.15) is 4.31 Å². The number of carbonyl (C=O) groups is 1. The highest BCUT2D eigenvalue weighted by atomic mass is 32.2. The Morgan fingerprint density at radius 2 is 1.77 bits per heavy atom. The van der Waals surface area contributed by atoms with Crippen LogP contribution in [-0.2, 0) is 14.8 Å². The largest absolute Gasteiger partial charge is 0.341 e. The fourth-order valence-corrected chi connectivity index (χ4v) is 6.46. The Labute approximate surface area is 185 Å². The van der Waals surface area contributed by atoms with Crippen molar-refractivity contribution in [3.05, 3.63) is 36.0 Å². The monoisotopic (exact) mass is 444 g/mol. The number of aryl methyl sites for hydroxylation is 1. The Bertz CT molecular complexity index is 1050. The predicted molar refractivity (Wildman–Crippen MR) is 121 cm³/mol. The molecule has 1 aromatic heterocycles. The average molecular weight is 445 g/mol. The predicted octanol–water partition coefficient (Wildman–Crippen LogP) is 2.35. The SMILES string of the molecule is Cc1cnc2c(S(=O)(=O)N3CCN(CC(=O)N4C[C@H](C)C[C@H](C)C4)CC3)cccc2c1. The minimum absolute atomic E-state index is 0.156. The first kappa shape index (κ1) is 22.2. The third kappa shape index (κ3) is 4.76. The smallest absolute Gasteiger partial charge is 0.245 e. The third-order valence-corrected chi connectivity index (χ3v) is 8.27. The van der Waals surface area contributed by atoms with Crippen LogP contribution in [0.1, 0.15) is 25.8 Å². The second kappa shape index (κ2) is 8.84. The fourth-order valence-electron chi connectivity index (χ4n) is 4.88. The summed E-state index contributed by atoms with van der Waals surface area (Å²) in [7, 11) is -3.64. The van der Waals surface area contributed by atoms with Gasteiger partial charge in [-0.05, 0) is 42.9 Å². The highest BCUT2D eigenvalue weighted by Gasteiger charge is 2.32. The van der Waals surface area contributed by atoms with Gasteiger partial charge in [0, 0.05) is 50.9 Å². The van der Waals surface area contributed by atoms with Crippen molar-refractivity contribution in [1.82, 2.24) is 19.1 Å². The molecule has 2 aromatic rings. The Hall–Kier alpha value is -2.03. The van der Waals surface area contributed by atoms with Gasteiger partial charge in [-0.3, -0.25) is 14.7 Å². The van der Waals surface area contributed by atoms with E-state index in [0.29, 0.717) is 50.1 Å². The molecular weight excluding hydrogens is 412 g/mol. The third-order valence-electron chi connectivity index (χ3n) is 6.34. The number of nitrogens with zero attached hydrogens (tertiary/aromatic N) is 4. The number of likely N-dealkylation sites (tertiary alicyclic amines) is 1. The number of piperazine rings is 1. The topological polar surface area (TPSA) is 73.8 Å². The molecule has 0 bridgehead atoms. The molecule has 168 valence electrons. The number of para-hydroxylation sites is 1. The van der Waals surface area contributed by atoms with Crippen LogP contribution in [0, 0.1) is 18.8 Å².